The molecule has 0 aliphatic heterocycles. The van der Waals surface area contributed by atoms with E-state index in [1.165, 1.54) is 4.68 Å². The second kappa shape index (κ2) is 6.95. The van der Waals surface area contributed by atoms with Gasteiger partial charge in [0.05, 0.1) is 17.1 Å². The number of aryl methyl sites for hydroxylation is 2. The highest BCUT2D eigenvalue weighted by Gasteiger charge is 2.19. The molecule has 0 fully saturated rings. The molecule has 4 aromatic rings. The quantitative estimate of drug-likeness (QED) is 0.528. The predicted molar refractivity (Wildman–Crippen MR) is 105 cm³/mol. The van der Waals surface area contributed by atoms with E-state index < -0.39 is 0 Å². The molecular formula is C20H21N5O3. The van der Waals surface area contributed by atoms with Gasteiger partial charge in [0.1, 0.15) is 17.8 Å². The van der Waals surface area contributed by atoms with Gasteiger partial charge in [-0.15, -0.1) is 0 Å². The van der Waals surface area contributed by atoms with E-state index in [9.17, 15) is 9.59 Å². The Bertz CT molecular complexity index is 1220. The van der Waals surface area contributed by atoms with Crippen molar-refractivity contribution in [1.82, 2.24) is 24.2 Å². The fourth-order valence-corrected chi connectivity index (χ4v) is 3.35. The van der Waals surface area contributed by atoms with Crippen LogP contribution in [0.1, 0.15) is 11.5 Å². The molecule has 8 nitrogen and oxygen atoms in total. The molecule has 0 aliphatic rings. The van der Waals surface area contributed by atoms with Gasteiger partial charge in [0.25, 0.3) is 5.56 Å². The number of rotatable bonds is 5. The van der Waals surface area contributed by atoms with Gasteiger partial charge in [0.2, 0.25) is 5.91 Å². The molecule has 0 radical (unpaired) electrons. The highest BCUT2D eigenvalue weighted by Crippen LogP contribution is 2.28. The summed E-state index contributed by atoms with van der Waals surface area (Å²) in [4.78, 5) is 31.3. The number of pyridine rings is 1. The molecule has 0 unspecified atom stereocenters. The smallest absolute Gasteiger partial charge is 0.291 e. The third kappa shape index (κ3) is 3.06. The van der Waals surface area contributed by atoms with Crippen LogP contribution in [0.4, 0.5) is 0 Å². The Kier molecular flexibility index (Phi) is 4.46. The van der Waals surface area contributed by atoms with Crippen molar-refractivity contribution < 1.29 is 9.21 Å². The van der Waals surface area contributed by atoms with E-state index in [0.717, 1.165) is 17.0 Å². The average molecular weight is 379 g/mol. The average Bonchev–Trinajstić information content (AvgIpc) is 3.19. The molecule has 0 aromatic carbocycles. The number of hydrogen-bond acceptors (Lipinski definition) is 5. The Labute approximate surface area is 161 Å². The maximum atomic E-state index is 12.9. The van der Waals surface area contributed by atoms with Crippen LogP contribution in [0.15, 0.2) is 45.9 Å². The zero-order valence-corrected chi connectivity index (χ0v) is 16.0. The standard InChI is InChI=1S/C20H21N5O3/c1-13-10-16-19(28-13)15-11-22-25(20(27)18(15)24(16)3)12-17(26)23(2)9-7-14-6-4-5-8-21-14/h4-6,8,10-11H,7,9,12H2,1-3H3. The molecule has 0 aliphatic carbocycles. The maximum Gasteiger partial charge on any atom is 0.291 e. The molecule has 4 aromatic heterocycles. The van der Waals surface area contributed by atoms with Crippen molar-refractivity contribution in [2.45, 2.75) is 19.9 Å². The summed E-state index contributed by atoms with van der Waals surface area (Å²) in [6.07, 6.45) is 3.97. The summed E-state index contributed by atoms with van der Waals surface area (Å²) < 4.78 is 8.69. The van der Waals surface area contributed by atoms with Crippen molar-refractivity contribution in [3.8, 4) is 0 Å². The van der Waals surface area contributed by atoms with E-state index in [1.54, 1.807) is 28.9 Å². The second-order valence-corrected chi connectivity index (χ2v) is 6.89. The third-order valence-electron chi connectivity index (χ3n) is 4.94. The van der Waals surface area contributed by atoms with Crippen LogP contribution in [0, 0.1) is 6.92 Å². The Morgan fingerprint density at radius 3 is 2.89 bits per heavy atom. The molecule has 4 rings (SSSR count). The van der Waals surface area contributed by atoms with Crippen molar-refractivity contribution >= 4 is 27.9 Å². The minimum absolute atomic E-state index is 0.112. The molecule has 28 heavy (non-hydrogen) atoms. The molecule has 0 saturated heterocycles. The lowest BCUT2D eigenvalue weighted by molar-refractivity contribution is -0.130. The van der Waals surface area contributed by atoms with Crippen LogP contribution in [0.2, 0.25) is 0 Å². The van der Waals surface area contributed by atoms with Gasteiger partial charge in [-0.1, -0.05) is 6.07 Å². The van der Waals surface area contributed by atoms with Gasteiger partial charge >= 0.3 is 0 Å². The second-order valence-electron chi connectivity index (χ2n) is 6.89. The first-order valence-electron chi connectivity index (χ1n) is 9.04. The van der Waals surface area contributed by atoms with E-state index in [4.69, 9.17) is 4.42 Å². The number of hydrogen-bond donors (Lipinski definition) is 0. The number of aromatic nitrogens is 4. The number of furan rings is 1. The van der Waals surface area contributed by atoms with Crippen molar-refractivity contribution in [2.24, 2.45) is 7.05 Å². The van der Waals surface area contributed by atoms with Gasteiger partial charge in [-0.3, -0.25) is 14.6 Å². The molecule has 0 saturated carbocycles. The molecular weight excluding hydrogens is 358 g/mol. The van der Waals surface area contributed by atoms with Crippen LogP contribution in [0.5, 0.6) is 0 Å². The Morgan fingerprint density at radius 2 is 2.14 bits per heavy atom. The van der Waals surface area contributed by atoms with Crippen molar-refractivity contribution in [2.75, 3.05) is 13.6 Å². The largest absolute Gasteiger partial charge is 0.459 e. The minimum atomic E-state index is -0.310. The molecule has 4 heterocycles. The number of likely N-dealkylation sites (N-methyl/N-ethyl adjacent to an activating group) is 1. The molecule has 0 N–H and O–H groups in total. The van der Waals surface area contributed by atoms with E-state index in [1.807, 2.05) is 38.2 Å². The molecule has 0 bridgehead atoms. The summed E-state index contributed by atoms with van der Waals surface area (Å²) in [6.45, 7) is 2.27. The Morgan fingerprint density at radius 1 is 1.32 bits per heavy atom. The summed E-state index contributed by atoms with van der Waals surface area (Å²) >= 11 is 0. The van der Waals surface area contributed by atoms with Crippen LogP contribution in [0.25, 0.3) is 22.0 Å². The zero-order valence-electron chi connectivity index (χ0n) is 16.0. The summed E-state index contributed by atoms with van der Waals surface area (Å²) in [6, 6.07) is 7.58. The predicted octanol–water partition coefficient (Wildman–Crippen LogP) is 1.89. The summed E-state index contributed by atoms with van der Waals surface area (Å²) in [5, 5.41) is 4.85. The van der Waals surface area contributed by atoms with Crippen molar-refractivity contribution in [1.29, 1.82) is 0 Å². The monoisotopic (exact) mass is 379 g/mol. The molecule has 8 heteroatoms. The third-order valence-corrected chi connectivity index (χ3v) is 4.94. The first kappa shape index (κ1) is 18.0. The normalized spacial score (nSPS) is 11.4. The number of fused-ring (bicyclic) bond motifs is 3. The van der Waals surface area contributed by atoms with Gasteiger partial charge in [0.15, 0.2) is 5.58 Å². The number of carbonyl (C=O) groups excluding carboxylic acids is 1. The molecule has 144 valence electrons. The van der Waals surface area contributed by atoms with Gasteiger partial charge in [-0.05, 0) is 19.1 Å². The van der Waals surface area contributed by atoms with E-state index in [-0.39, 0.29) is 18.0 Å². The van der Waals surface area contributed by atoms with E-state index >= 15 is 0 Å². The summed E-state index contributed by atoms with van der Waals surface area (Å²) in [5.41, 5.74) is 2.57. The topological polar surface area (TPSA) is 86.2 Å². The number of carbonyl (C=O) groups is 1. The first-order chi connectivity index (χ1) is 13.5. The lowest BCUT2D eigenvalue weighted by Crippen LogP contribution is -2.36. The van der Waals surface area contributed by atoms with Crippen LogP contribution in [-0.2, 0) is 24.8 Å². The van der Waals surface area contributed by atoms with Crippen LogP contribution < -0.4 is 5.56 Å². The molecule has 0 atom stereocenters. The van der Waals surface area contributed by atoms with Crippen molar-refractivity contribution in [3.63, 3.8) is 0 Å². The SMILES string of the molecule is Cc1cc2c(o1)c1cnn(CC(=O)N(C)CCc3ccccn3)c(=O)c1n2C. The minimum Gasteiger partial charge on any atom is -0.459 e. The lowest BCUT2D eigenvalue weighted by atomic mass is 10.2. The fraction of sp³-hybridized carbons (Fsp3) is 0.300. The Hall–Kier alpha value is -3.42. The summed E-state index contributed by atoms with van der Waals surface area (Å²) in [5.74, 6) is 0.593. The van der Waals surface area contributed by atoms with Gasteiger partial charge in [0, 0.05) is 45.0 Å². The zero-order chi connectivity index (χ0) is 19.8. The Balaban J connectivity index is 1.55. The molecule has 0 spiro atoms. The maximum absolute atomic E-state index is 12.9. The van der Waals surface area contributed by atoms with Gasteiger partial charge < -0.3 is 13.9 Å². The number of amides is 1. The fourth-order valence-electron chi connectivity index (χ4n) is 3.35. The highest BCUT2D eigenvalue weighted by molar-refractivity contribution is 6.04. The van der Waals surface area contributed by atoms with Crippen LogP contribution in [0.3, 0.4) is 0 Å². The lowest BCUT2D eigenvalue weighted by Gasteiger charge is -2.17. The summed E-state index contributed by atoms with van der Waals surface area (Å²) in [7, 11) is 3.53. The number of nitrogens with zero attached hydrogens (tertiary/aromatic N) is 5. The first-order valence-corrected chi connectivity index (χ1v) is 9.04. The van der Waals surface area contributed by atoms with E-state index in [0.29, 0.717) is 29.5 Å². The highest BCUT2D eigenvalue weighted by atomic mass is 16.3. The molecule has 1 amide bonds. The van der Waals surface area contributed by atoms with E-state index in [2.05, 4.69) is 10.1 Å². The van der Waals surface area contributed by atoms with Gasteiger partial charge in [-0.25, -0.2) is 4.68 Å². The van der Waals surface area contributed by atoms with Crippen LogP contribution in [-0.4, -0.2) is 43.7 Å². The van der Waals surface area contributed by atoms with Crippen molar-refractivity contribution in [3.05, 3.63) is 58.5 Å². The van der Waals surface area contributed by atoms with Crippen LogP contribution >= 0.6 is 0 Å². The van der Waals surface area contributed by atoms with Gasteiger partial charge in [-0.2, -0.15) is 5.10 Å².